The first-order valence-electron chi connectivity index (χ1n) is 7.54. The average molecular weight is 311 g/mol. The predicted molar refractivity (Wildman–Crippen MR) is 89.1 cm³/mol. The van der Waals surface area contributed by atoms with E-state index in [1.807, 2.05) is 31.2 Å². The van der Waals surface area contributed by atoms with E-state index < -0.39 is 0 Å². The van der Waals surface area contributed by atoms with Crippen LogP contribution < -0.4 is 10.1 Å². The van der Waals surface area contributed by atoms with E-state index in [4.69, 9.17) is 11.2 Å². The van der Waals surface area contributed by atoms with Crippen molar-refractivity contribution in [1.82, 2.24) is 15.1 Å². The zero-order valence-electron chi connectivity index (χ0n) is 13.5. The molecule has 0 radical (unpaired) electrons. The predicted octanol–water partition coefficient (Wildman–Crippen LogP) is 2.45. The van der Waals surface area contributed by atoms with Gasteiger partial charge in [-0.05, 0) is 37.1 Å². The Balaban J connectivity index is 1.89. The van der Waals surface area contributed by atoms with Gasteiger partial charge in [-0.1, -0.05) is 12.1 Å². The lowest BCUT2D eigenvalue weighted by atomic mass is 10.2. The topological polar surface area (TPSA) is 56.1 Å². The summed E-state index contributed by atoms with van der Waals surface area (Å²) >= 11 is 0. The minimum atomic E-state index is -0.145. The smallest absolute Gasteiger partial charge is 0.269 e. The molecule has 0 spiro atoms. The minimum Gasteiger partial charge on any atom is -0.494 e. The molecular weight excluding hydrogens is 290 g/mol. The lowest BCUT2D eigenvalue weighted by Crippen LogP contribution is -2.25. The summed E-state index contributed by atoms with van der Waals surface area (Å²) in [4.78, 5) is 12.2. The second kappa shape index (κ2) is 8.04. The number of nitrogens with zero attached hydrogens (tertiary/aromatic N) is 2. The fraction of sp³-hybridized carbons (Fsp3) is 0.333. The maximum atomic E-state index is 12.2. The van der Waals surface area contributed by atoms with Gasteiger partial charge in [0.2, 0.25) is 0 Å². The van der Waals surface area contributed by atoms with Crippen molar-refractivity contribution in [3.05, 3.63) is 47.3 Å². The summed E-state index contributed by atoms with van der Waals surface area (Å²) in [6, 6.07) is 9.44. The van der Waals surface area contributed by atoms with Crippen LogP contribution in [-0.4, -0.2) is 22.3 Å². The fourth-order valence-corrected chi connectivity index (χ4v) is 2.21. The van der Waals surface area contributed by atoms with Crippen molar-refractivity contribution >= 4 is 5.91 Å². The Morgan fingerprint density at radius 1 is 1.43 bits per heavy atom. The standard InChI is InChI=1S/C18H21N3O2/c1-4-5-6-10-23-16-9-7-8-15(12-16)13-19-18(22)17-11-14(2)20-21(17)3/h1,7-9,11-12H,5-6,10,13H2,2-3H3,(H,19,22). The molecule has 0 atom stereocenters. The zero-order valence-corrected chi connectivity index (χ0v) is 13.5. The third-order valence-electron chi connectivity index (χ3n) is 3.32. The highest BCUT2D eigenvalue weighted by molar-refractivity contribution is 5.92. The van der Waals surface area contributed by atoms with Gasteiger partial charge in [-0.25, -0.2) is 0 Å². The normalized spacial score (nSPS) is 10.1. The number of aryl methyl sites for hydroxylation is 2. The summed E-state index contributed by atoms with van der Waals surface area (Å²) < 4.78 is 7.22. The van der Waals surface area contributed by atoms with Gasteiger partial charge in [0.1, 0.15) is 11.4 Å². The number of hydrogen-bond acceptors (Lipinski definition) is 3. The van der Waals surface area contributed by atoms with Crippen LogP contribution in [0.4, 0.5) is 0 Å². The molecule has 1 aromatic carbocycles. The van der Waals surface area contributed by atoms with Gasteiger partial charge in [-0.2, -0.15) is 5.10 Å². The summed E-state index contributed by atoms with van der Waals surface area (Å²) in [5.74, 6) is 3.22. The van der Waals surface area contributed by atoms with E-state index >= 15 is 0 Å². The van der Waals surface area contributed by atoms with Crippen molar-refractivity contribution in [3.8, 4) is 18.1 Å². The lowest BCUT2D eigenvalue weighted by Gasteiger charge is -2.09. The van der Waals surface area contributed by atoms with Gasteiger partial charge in [0.05, 0.1) is 12.3 Å². The molecule has 1 heterocycles. The van der Waals surface area contributed by atoms with E-state index in [-0.39, 0.29) is 5.91 Å². The summed E-state index contributed by atoms with van der Waals surface area (Å²) in [5.41, 5.74) is 2.34. The molecule has 0 aliphatic heterocycles. The molecule has 2 aromatic rings. The molecule has 0 unspecified atom stereocenters. The van der Waals surface area contributed by atoms with Gasteiger partial charge in [-0.15, -0.1) is 12.3 Å². The van der Waals surface area contributed by atoms with Gasteiger partial charge in [0, 0.05) is 20.0 Å². The number of nitrogens with one attached hydrogen (secondary N) is 1. The van der Waals surface area contributed by atoms with E-state index in [0.29, 0.717) is 25.3 Å². The van der Waals surface area contributed by atoms with Gasteiger partial charge in [0.25, 0.3) is 5.91 Å². The Kier molecular flexibility index (Phi) is 5.81. The number of unbranched alkanes of at least 4 members (excludes halogenated alkanes) is 1. The number of hydrogen-bond donors (Lipinski definition) is 1. The van der Waals surface area contributed by atoms with E-state index in [0.717, 1.165) is 23.4 Å². The molecule has 5 nitrogen and oxygen atoms in total. The first kappa shape index (κ1) is 16.6. The van der Waals surface area contributed by atoms with Crippen LogP contribution in [0, 0.1) is 19.3 Å². The molecule has 1 aromatic heterocycles. The van der Waals surface area contributed by atoms with Crippen LogP contribution in [0.2, 0.25) is 0 Å². The molecule has 0 saturated carbocycles. The molecule has 0 bridgehead atoms. The first-order chi connectivity index (χ1) is 11.1. The van der Waals surface area contributed by atoms with Crippen molar-refractivity contribution in [2.45, 2.75) is 26.3 Å². The molecular formula is C18H21N3O2. The van der Waals surface area contributed by atoms with Crippen LogP contribution in [-0.2, 0) is 13.6 Å². The fourth-order valence-electron chi connectivity index (χ4n) is 2.21. The highest BCUT2D eigenvalue weighted by atomic mass is 16.5. The number of amides is 1. The maximum Gasteiger partial charge on any atom is 0.269 e. The Labute approximate surface area is 136 Å². The number of ether oxygens (including phenoxy) is 1. The number of rotatable bonds is 7. The molecule has 1 N–H and O–H groups in total. The van der Waals surface area contributed by atoms with Crippen molar-refractivity contribution < 1.29 is 9.53 Å². The summed E-state index contributed by atoms with van der Waals surface area (Å²) in [7, 11) is 1.76. The number of terminal acetylenes is 1. The van der Waals surface area contributed by atoms with Crippen molar-refractivity contribution in [2.24, 2.45) is 7.05 Å². The Bertz CT molecular complexity index is 713. The van der Waals surface area contributed by atoms with Crippen LogP contribution in [0.3, 0.4) is 0 Å². The SMILES string of the molecule is C#CCCCOc1cccc(CNC(=O)c2cc(C)nn2C)c1. The minimum absolute atomic E-state index is 0.145. The second-order valence-corrected chi connectivity index (χ2v) is 5.28. The van der Waals surface area contributed by atoms with Crippen LogP contribution in [0.25, 0.3) is 0 Å². The molecule has 0 fully saturated rings. The average Bonchev–Trinajstić information content (AvgIpc) is 2.88. The Morgan fingerprint density at radius 3 is 2.96 bits per heavy atom. The zero-order chi connectivity index (χ0) is 16.7. The van der Waals surface area contributed by atoms with Gasteiger partial charge in [0.15, 0.2) is 0 Å². The largest absolute Gasteiger partial charge is 0.494 e. The van der Waals surface area contributed by atoms with Gasteiger partial charge < -0.3 is 10.1 Å². The summed E-state index contributed by atoms with van der Waals surface area (Å²) in [6.45, 7) is 2.89. The Hall–Kier alpha value is -2.74. The van der Waals surface area contributed by atoms with Crippen LogP contribution >= 0.6 is 0 Å². The third-order valence-corrected chi connectivity index (χ3v) is 3.32. The van der Waals surface area contributed by atoms with E-state index in [1.165, 1.54) is 0 Å². The number of benzene rings is 1. The molecule has 2 rings (SSSR count). The quantitative estimate of drug-likeness (QED) is 0.631. The maximum absolute atomic E-state index is 12.2. The molecule has 0 aliphatic rings. The van der Waals surface area contributed by atoms with E-state index in [9.17, 15) is 4.79 Å². The van der Waals surface area contributed by atoms with E-state index in [1.54, 1.807) is 17.8 Å². The third kappa shape index (κ3) is 4.89. The van der Waals surface area contributed by atoms with Gasteiger partial charge in [-0.3, -0.25) is 9.48 Å². The van der Waals surface area contributed by atoms with Crippen LogP contribution in [0.5, 0.6) is 5.75 Å². The Morgan fingerprint density at radius 2 is 2.26 bits per heavy atom. The number of carbonyl (C=O) groups is 1. The highest BCUT2D eigenvalue weighted by Crippen LogP contribution is 2.14. The van der Waals surface area contributed by atoms with Crippen LogP contribution in [0.1, 0.15) is 34.6 Å². The first-order valence-corrected chi connectivity index (χ1v) is 7.54. The summed E-state index contributed by atoms with van der Waals surface area (Å²) in [6.07, 6.45) is 6.75. The molecule has 120 valence electrons. The van der Waals surface area contributed by atoms with Crippen molar-refractivity contribution in [2.75, 3.05) is 6.61 Å². The molecule has 1 amide bonds. The highest BCUT2D eigenvalue weighted by Gasteiger charge is 2.11. The van der Waals surface area contributed by atoms with Crippen molar-refractivity contribution in [3.63, 3.8) is 0 Å². The summed E-state index contributed by atoms with van der Waals surface area (Å²) in [5, 5.41) is 7.06. The van der Waals surface area contributed by atoms with Crippen LogP contribution in [0.15, 0.2) is 30.3 Å². The van der Waals surface area contributed by atoms with Crippen molar-refractivity contribution in [1.29, 1.82) is 0 Å². The molecule has 23 heavy (non-hydrogen) atoms. The second-order valence-electron chi connectivity index (χ2n) is 5.28. The monoisotopic (exact) mass is 311 g/mol. The molecule has 0 aliphatic carbocycles. The van der Waals surface area contributed by atoms with E-state index in [2.05, 4.69) is 16.3 Å². The number of carbonyl (C=O) groups excluding carboxylic acids is 1. The number of aromatic nitrogens is 2. The molecule has 0 saturated heterocycles. The lowest BCUT2D eigenvalue weighted by molar-refractivity contribution is 0.0941. The molecule has 5 heteroatoms. The van der Waals surface area contributed by atoms with Gasteiger partial charge >= 0.3 is 0 Å².